The molecule has 0 radical (unpaired) electrons. The van der Waals surface area contributed by atoms with Crippen molar-refractivity contribution in [3.05, 3.63) is 69.3 Å². The number of aromatic nitrogens is 1. The van der Waals surface area contributed by atoms with Crippen LogP contribution in [0.4, 0.5) is 23.4 Å². The molecule has 1 amide bonds. The van der Waals surface area contributed by atoms with Gasteiger partial charge in [0.1, 0.15) is 16.5 Å². The molecular weight excluding hydrogens is 392 g/mol. The number of pyridine rings is 1. The molecule has 0 fully saturated rings. The number of carbonyl (C=O) groups excluding carboxylic acids is 1. The Labute approximate surface area is 162 Å². The fourth-order valence-electron chi connectivity index (χ4n) is 3.35. The van der Waals surface area contributed by atoms with Gasteiger partial charge in [-0.25, -0.2) is 9.37 Å². The summed E-state index contributed by atoms with van der Waals surface area (Å²) in [6, 6.07) is 8.43. The summed E-state index contributed by atoms with van der Waals surface area (Å²) in [5, 5.41) is 2.46. The molecule has 28 heavy (non-hydrogen) atoms. The van der Waals surface area contributed by atoms with Crippen LogP contribution in [0.15, 0.2) is 42.6 Å². The van der Waals surface area contributed by atoms with E-state index in [1.54, 1.807) is 0 Å². The van der Waals surface area contributed by atoms with Gasteiger partial charge in [-0.15, -0.1) is 11.3 Å². The summed E-state index contributed by atoms with van der Waals surface area (Å²) >= 11 is 0.800. The van der Waals surface area contributed by atoms with Crippen molar-refractivity contribution >= 4 is 23.1 Å². The van der Waals surface area contributed by atoms with Gasteiger partial charge >= 0.3 is 6.18 Å². The van der Waals surface area contributed by atoms with Crippen molar-refractivity contribution < 1.29 is 22.4 Å². The lowest BCUT2D eigenvalue weighted by Crippen LogP contribution is -2.14. The molecule has 0 atom stereocenters. The molecule has 3 nitrogen and oxygen atoms in total. The maximum absolute atomic E-state index is 13.7. The lowest BCUT2D eigenvalue weighted by Gasteiger charge is -2.11. The molecule has 0 aliphatic heterocycles. The van der Waals surface area contributed by atoms with E-state index in [-0.39, 0.29) is 16.9 Å². The van der Waals surface area contributed by atoms with Gasteiger partial charge in [-0.1, -0.05) is 12.1 Å². The first kappa shape index (κ1) is 18.6. The minimum atomic E-state index is -4.43. The maximum atomic E-state index is 13.7. The first-order valence-electron chi connectivity index (χ1n) is 8.58. The Morgan fingerprint density at radius 3 is 2.57 bits per heavy atom. The quantitative estimate of drug-likeness (QED) is 0.566. The van der Waals surface area contributed by atoms with Crippen molar-refractivity contribution in [3.8, 4) is 11.1 Å². The number of aryl methyl sites for hydroxylation is 1. The average Bonchev–Trinajstić information content (AvgIpc) is 3.23. The molecule has 2 heterocycles. The zero-order chi connectivity index (χ0) is 19.9. The van der Waals surface area contributed by atoms with Crippen LogP contribution in [-0.4, -0.2) is 10.9 Å². The fraction of sp³-hybridized carbons (Fsp3) is 0.200. The minimum absolute atomic E-state index is 0.136. The molecular formula is C20H14F4N2OS. The number of anilines is 1. The van der Waals surface area contributed by atoms with Gasteiger partial charge in [0.15, 0.2) is 0 Å². The van der Waals surface area contributed by atoms with E-state index in [2.05, 4.69) is 10.3 Å². The van der Waals surface area contributed by atoms with E-state index in [4.69, 9.17) is 0 Å². The second-order valence-electron chi connectivity index (χ2n) is 6.43. The Balaban J connectivity index is 1.63. The number of nitrogens with one attached hydrogen (secondary N) is 1. The Hall–Kier alpha value is -2.74. The molecule has 8 heteroatoms. The van der Waals surface area contributed by atoms with Crippen LogP contribution in [0.25, 0.3) is 11.1 Å². The molecule has 1 aliphatic carbocycles. The second-order valence-corrected chi connectivity index (χ2v) is 7.53. The molecule has 0 bridgehead atoms. The van der Waals surface area contributed by atoms with Gasteiger partial charge in [-0.05, 0) is 49.1 Å². The summed E-state index contributed by atoms with van der Waals surface area (Å²) < 4.78 is 54.1. The van der Waals surface area contributed by atoms with E-state index in [1.165, 1.54) is 42.6 Å². The summed E-state index contributed by atoms with van der Waals surface area (Å²) in [5.74, 6) is -1.21. The number of alkyl halides is 3. The van der Waals surface area contributed by atoms with Gasteiger partial charge in [0.2, 0.25) is 0 Å². The van der Waals surface area contributed by atoms with Crippen LogP contribution in [0.1, 0.15) is 32.1 Å². The first-order chi connectivity index (χ1) is 13.3. The van der Waals surface area contributed by atoms with Crippen LogP contribution in [0.2, 0.25) is 0 Å². The van der Waals surface area contributed by atoms with E-state index < -0.39 is 22.8 Å². The summed E-state index contributed by atoms with van der Waals surface area (Å²) in [5.41, 5.74) is 1.14. The minimum Gasteiger partial charge on any atom is -0.306 e. The number of nitrogens with zero attached hydrogens (tertiary/aromatic N) is 1. The number of fused-ring (bicyclic) bond motifs is 1. The lowest BCUT2D eigenvalue weighted by atomic mass is 10.0. The summed E-state index contributed by atoms with van der Waals surface area (Å²) in [4.78, 5) is 16.4. The van der Waals surface area contributed by atoms with Crippen molar-refractivity contribution in [3.63, 3.8) is 0 Å². The summed E-state index contributed by atoms with van der Waals surface area (Å²) in [6.45, 7) is 0. The maximum Gasteiger partial charge on any atom is 0.426 e. The van der Waals surface area contributed by atoms with Gasteiger partial charge in [-0.2, -0.15) is 13.2 Å². The third kappa shape index (κ3) is 3.40. The molecule has 4 rings (SSSR count). The molecule has 0 unspecified atom stereocenters. The molecule has 144 valence electrons. The predicted octanol–water partition coefficient (Wildman–Crippen LogP) is 5.71. The van der Waals surface area contributed by atoms with Gasteiger partial charge in [0.05, 0.1) is 5.56 Å². The van der Waals surface area contributed by atoms with Crippen molar-refractivity contribution in [2.45, 2.75) is 25.4 Å². The van der Waals surface area contributed by atoms with Gasteiger partial charge in [0.25, 0.3) is 5.91 Å². The highest BCUT2D eigenvalue weighted by molar-refractivity contribution is 7.12. The van der Waals surface area contributed by atoms with Crippen molar-refractivity contribution in [1.29, 1.82) is 0 Å². The summed E-state index contributed by atoms with van der Waals surface area (Å²) in [7, 11) is 0. The number of carbonyl (C=O) groups is 1. The van der Waals surface area contributed by atoms with Crippen LogP contribution in [0.5, 0.6) is 0 Å². The van der Waals surface area contributed by atoms with E-state index in [0.29, 0.717) is 18.4 Å². The predicted molar refractivity (Wildman–Crippen MR) is 98.9 cm³/mol. The van der Waals surface area contributed by atoms with Crippen LogP contribution >= 0.6 is 11.3 Å². The summed E-state index contributed by atoms with van der Waals surface area (Å²) in [6.07, 6.45) is -0.998. The topological polar surface area (TPSA) is 42.0 Å². The number of hydrogen-bond donors (Lipinski definition) is 1. The zero-order valence-corrected chi connectivity index (χ0v) is 15.3. The number of rotatable bonds is 3. The number of benzene rings is 1. The fourth-order valence-corrected chi connectivity index (χ4v) is 4.63. The molecule has 1 aromatic carbocycles. The Morgan fingerprint density at radius 2 is 1.89 bits per heavy atom. The number of hydrogen-bond acceptors (Lipinski definition) is 3. The zero-order valence-electron chi connectivity index (χ0n) is 14.4. The van der Waals surface area contributed by atoms with E-state index >= 15 is 0 Å². The number of halogens is 4. The van der Waals surface area contributed by atoms with Crippen molar-refractivity contribution in [2.24, 2.45) is 0 Å². The van der Waals surface area contributed by atoms with Crippen LogP contribution in [0.3, 0.4) is 0 Å². The molecule has 0 spiro atoms. The molecule has 2 aromatic heterocycles. The first-order valence-corrected chi connectivity index (χ1v) is 9.40. The smallest absolute Gasteiger partial charge is 0.306 e. The Bertz CT molecular complexity index is 1040. The normalized spacial score (nSPS) is 13.4. The highest BCUT2D eigenvalue weighted by atomic mass is 32.1. The lowest BCUT2D eigenvalue weighted by molar-refractivity contribution is -0.133. The van der Waals surface area contributed by atoms with Gasteiger partial charge in [0, 0.05) is 22.2 Å². The monoisotopic (exact) mass is 406 g/mol. The SMILES string of the molecule is O=C(Nc1ccc(-c2c(C(F)(F)F)sc3c2CCC3)cn1)c1ccccc1F. The second kappa shape index (κ2) is 7.01. The molecule has 0 saturated heterocycles. The van der Waals surface area contributed by atoms with E-state index in [1.807, 2.05) is 0 Å². The largest absolute Gasteiger partial charge is 0.426 e. The average molecular weight is 406 g/mol. The molecule has 3 aromatic rings. The van der Waals surface area contributed by atoms with Crippen molar-refractivity contribution in [1.82, 2.24) is 4.98 Å². The van der Waals surface area contributed by atoms with Gasteiger partial charge < -0.3 is 5.32 Å². The Morgan fingerprint density at radius 1 is 1.11 bits per heavy atom. The van der Waals surface area contributed by atoms with Gasteiger partial charge in [-0.3, -0.25) is 4.79 Å². The number of thiophene rings is 1. The Kier molecular flexibility index (Phi) is 4.66. The molecule has 1 N–H and O–H groups in total. The third-order valence-corrected chi connectivity index (χ3v) is 5.93. The molecule has 1 aliphatic rings. The standard InChI is InChI=1S/C20H14F4N2OS/c21-14-6-2-1-4-12(14)19(27)26-16-9-8-11(10-25-16)17-13-5-3-7-15(13)28-18(17)20(22,23)24/h1-2,4,6,8-10H,3,5,7H2,(H,25,26,27). The van der Waals surface area contributed by atoms with E-state index in [9.17, 15) is 22.4 Å². The van der Waals surface area contributed by atoms with E-state index in [0.717, 1.165) is 28.2 Å². The number of amides is 1. The third-order valence-electron chi connectivity index (χ3n) is 4.59. The molecule has 0 saturated carbocycles. The highest BCUT2D eigenvalue weighted by Gasteiger charge is 2.39. The van der Waals surface area contributed by atoms with Crippen LogP contribution in [0, 0.1) is 5.82 Å². The van der Waals surface area contributed by atoms with Crippen molar-refractivity contribution in [2.75, 3.05) is 5.32 Å². The van der Waals surface area contributed by atoms with Crippen LogP contribution in [-0.2, 0) is 19.0 Å². The highest BCUT2D eigenvalue weighted by Crippen LogP contribution is 2.48. The van der Waals surface area contributed by atoms with Crippen LogP contribution < -0.4 is 5.32 Å².